The van der Waals surface area contributed by atoms with Gasteiger partial charge >= 0.3 is 0 Å². The zero-order chi connectivity index (χ0) is 5.70. The highest BCUT2D eigenvalue weighted by atomic mass is 31.0. The first kappa shape index (κ1) is 7.31. The molecule has 0 heterocycles. The fourth-order valence-corrected chi connectivity index (χ4v) is 0.341. The van der Waals surface area contributed by atoms with Gasteiger partial charge in [0.15, 0.2) is 0 Å². The molecule has 0 rings (SSSR count). The van der Waals surface area contributed by atoms with Crippen LogP contribution in [0.1, 0.15) is 0 Å². The molecule has 2 N–H and O–H groups in total. The van der Waals surface area contributed by atoms with Crippen LogP contribution in [0.4, 0.5) is 0 Å². The molecule has 0 aromatic heterocycles. The highest BCUT2D eigenvalue weighted by molar-refractivity contribution is 7.09. The van der Waals surface area contributed by atoms with E-state index in [2.05, 4.69) is 14.0 Å². The van der Waals surface area contributed by atoms with Gasteiger partial charge < -0.3 is 24.2 Å². The first-order chi connectivity index (χ1) is 3.31. The number of hydrogen-bond acceptors (Lipinski definition) is 3. The molecule has 0 bridgehead atoms. The molecular formula is C3H8O3P-. The molecule has 0 aliphatic rings. The van der Waals surface area contributed by atoms with E-state index in [0.29, 0.717) is 0 Å². The highest BCUT2D eigenvalue weighted by Gasteiger charge is 1.94. The Morgan fingerprint density at radius 1 is 1.71 bits per heavy atom. The summed E-state index contributed by atoms with van der Waals surface area (Å²) in [5.41, 5.74) is 0. The van der Waals surface area contributed by atoms with Crippen molar-refractivity contribution in [2.75, 3.05) is 13.2 Å². The summed E-state index contributed by atoms with van der Waals surface area (Å²) >= 11 is 0. The van der Waals surface area contributed by atoms with Crippen molar-refractivity contribution in [2.45, 2.75) is 6.10 Å². The van der Waals surface area contributed by atoms with Gasteiger partial charge in [-0.3, -0.25) is 0 Å². The first-order valence-corrected chi connectivity index (χ1v) is 2.29. The number of rotatable bonds is 3. The Labute approximate surface area is 44.6 Å². The van der Waals surface area contributed by atoms with Crippen molar-refractivity contribution in [2.24, 2.45) is 0 Å². The molecular weight excluding hydrogens is 115 g/mol. The Kier molecular flexibility index (Phi) is 4.67. The smallest absolute Gasteiger partial charge is 0.0974 e. The Morgan fingerprint density at radius 3 is 2.43 bits per heavy atom. The SMILES string of the molecule is OCC(O)CO[PH-]. The monoisotopic (exact) mass is 123 g/mol. The summed E-state index contributed by atoms with van der Waals surface area (Å²) in [5, 5.41) is 16.6. The molecule has 7 heavy (non-hydrogen) atoms. The van der Waals surface area contributed by atoms with E-state index in [1.807, 2.05) is 0 Å². The summed E-state index contributed by atoms with van der Waals surface area (Å²) in [6.45, 7) is -0.141. The highest BCUT2D eigenvalue weighted by Crippen LogP contribution is 1.87. The summed E-state index contributed by atoms with van der Waals surface area (Å²) in [4.78, 5) is 0. The van der Waals surface area contributed by atoms with Gasteiger partial charge in [-0.05, 0) is 0 Å². The average Bonchev–Trinajstić information content (AvgIpc) is 1.68. The van der Waals surface area contributed by atoms with E-state index in [0.717, 1.165) is 0 Å². The van der Waals surface area contributed by atoms with Gasteiger partial charge in [0.05, 0.1) is 12.7 Å². The molecule has 4 heteroatoms. The first-order valence-electron chi connectivity index (χ1n) is 1.88. The van der Waals surface area contributed by atoms with Crippen molar-refractivity contribution in [1.29, 1.82) is 0 Å². The lowest BCUT2D eigenvalue weighted by molar-refractivity contribution is 0.0598. The third kappa shape index (κ3) is 4.16. The van der Waals surface area contributed by atoms with Crippen molar-refractivity contribution in [1.82, 2.24) is 0 Å². The third-order valence-corrected chi connectivity index (χ3v) is 0.653. The molecule has 3 nitrogen and oxygen atoms in total. The van der Waals surface area contributed by atoms with Crippen molar-refractivity contribution < 1.29 is 14.7 Å². The summed E-state index contributed by atoms with van der Waals surface area (Å²) in [6, 6.07) is 0. The summed E-state index contributed by atoms with van der Waals surface area (Å²) in [7, 11) is 2.66. The molecule has 0 saturated carbocycles. The summed E-state index contributed by atoms with van der Waals surface area (Å²) < 4.78 is 4.29. The number of hydrogen-bond donors (Lipinski definition) is 2. The van der Waals surface area contributed by atoms with Crippen LogP contribution in [0, 0.1) is 0 Å². The predicted molar refractivity (Wildman–Crippen MR) is 27.4 cm³/mol. The van der Waals surface area contributed by atoms with E-state index in [9.17, 15) is 0 Å². The van der Waals surface area contributed by atoms with Crippen LogP contribution in [-0.2, 0) is 4.52 Å². The van der Waals surface area contributed by atoms with Gasteiger partial charge in [-0.25, -0.2) is 0 Å². The van der Waals surface area contributed by atoms with Gasteiger partial charge in [0.25, 0.3) is 0 Å². The molecule has 0 aliphatic heterocycles. The van der Waals surface area contributed by atoms with Crippen LogP contribution in [-0.4, -0.2) is 29.5 Å². The molecule has 1 unspecified atom stereocenters. The largest absolute Gasteiger partial charge is 0.559 e. The zero-order valence-electron chi connectivity index (χ0n) is 3.79. The molecule has 0 aliphatic carbocycles. The molecule has 0 fully saturated rings. The topological polar surface area (TPSA) is 49.7 Å². The molecule has 0 radical (unpaired) electrons. The van der Waals surface area contributed by atoms with Crippen LogP contribution < -0.4 is 0 Å². The Bertz CT molecular complexity index is 41.2. The average molecular weight is 123 g/mol. The van der Waals surface area contributed by atoms with Crippen LogP contribution in [0.2, 0.25) is 0 Å². The number of aliphatic hydroxyl groups is 2. The molecule has 1 atom stereocenters. The van der Waals surface area contributed by atoms with Gasteiger partial charge in [0, 0.05) is 6.61 Å². The van der Waals surface area contributed by atoms with E-state index < -0.39 is 6.10 Å². The number of aliphatic hydroxyl groups excluding tert-OH is 2. The van der Waals surface area contributed by atoms with Crippen molar-refractivity contribution >= 4 is 9.47 Å². The normalized spacial score (nSPS) is 14.1. The maximum Gasteiger partial charge on any atom is 0.0974 e. The van der Waals surface area contributed by atoms with E-state index >= 15 is 0 Å². The Balaban J connectivity index is 2.83. The van der Waals surface area contributed by atoms with Crippen LogP contribution in [0.15, 0.2) is 0 Å². The molecule has 0 saturated heterocycles. The maximum atomic E-state index is 8.45. The lowest BCUT2D eigenvalue weighted by Gasteiger charge is -2.08. The van der Waals surface area contributed by atoms with E-state index in [-0.39, 0.29) is 13.2 Å². The van der Waals surface area contributed by atoms with Crippen LogP contribution in [0.5, 0.6) is 0 Å². The minimum absolute atomic E-state index is 0.118. The van der Waals surface area contributed by atoms with Crippen LogP contribution >= 0.6 is 9.47 Å². The molecule has 0 amide bonds. The molecule has 0 spiro atoms. The van der Waals surface area contributed by atoms with Crippen LogP contribution in [0.25, 0.3) is 0 Å². The van der Waals surface area contributed by atoms with Crippen molar-refractivity contribution in [3.8, 4) is 0 Å². The summed E-state index contributed by atoms with van der Waals surface area (Å²) in [6.07, 6.45) is -0.766. The van der Waals surface area contributed by atoms with Gasteiger partial charge in [-0.2, -0.15) is 0 Å². The second-order valence-corrected chi connectivity index (χ2v) is 1.44. The predicted octanol–water partition coefficient (Wildman–Crippen LogP) is -0.586. The van der Waals surface area contributed by atoms with Gasteiger partial charge in [0.1, 0.15) is 0 Å². The molecule has 0 aromatic carbocycles. The second-order valence-electron chi connectivity index (χ2n) is 1.15. The minimum atomic E-state index is -0.766. The van der Waals surface area contributed by atoms with Gasteiger partial charge in [-0.15, -0.1) is 0 Å². The van der Waals surface area contributed by atoms with E-state index in [1.54, 1.807) is 0 Å². The minimum Gasteiger partial charge on any atom is -0.559 e. The lowest BCUT2D eigenvalue weighted by Crippen LogP contribution is -2.16. The summed E-state index contributed by atoms with van der Waals surface area (Å²) in [5.74, 6) is 0. The second kappa shape index (κ2) is 4.47. The van der Waals surface area contributed by atoms with Gasteiger partial charge in [0.2, 0.25) is 0 Å². The Morgan fingerprint density at radius 2 is 2.29 bits per heavy atom. The fourth-order valence-electron chi connectivity index (χ4n) is 0.149. The van der Waals surface area contributed by atoms with Crippen molar-refractivity contribution in [3.05, 3.63) is 0 Å². The third-order valence-electron chi connectivity index (χ3n) is 0.486. The molecule has 0 aromatic rings. The van der Waals surface area contributed by atoms with Crippen LogP contribution in [0.3, 0.4) is 0 Å². The maximum absolute atomic E-state index is 8.45. The van der Waals surface area contributed by atoms with E-state index in [1.165, 1.54) is 0 Å². The van der Waals surface area contributed by atoms with Crippen molar-refractivity contribution in [3.63, 3.8) is 0 Å². The fraction of sp³-hybridized carbons (Fsp3) is 1.00. The Hall–Kier alpha value is 0.310. The van der Waals surface area contributed by atoms with Gasteiger partial charge in [-0.1, -0.05) is 0 Å². The quantitative estimate of drug-likeness (QED) is 0.493. The standard InChI is InChI=1S/C3H8O3P/c4-1-3(5)2-6-7/h3-5,7H,1-2H2/q-1. The van der Waals surface area contributed by atoms with E-state index in [4.69, 9.17) is 10.2 Å². The lowest BCUT2D eigenvalue weighted by atomic mass is 10.4. The zero-order valence-corrected chi connectivity index (χ0v) is 4.79. The molecule has 44 valence electrons.